The van der Waals surface area contributed by atoms with Crippen molar-refractivity contribution in [3.05, 3.63) is 24.8 Å². The number of amides is 1. The molecule has 0 aliphatic carbocycles. The zero-order valence-electron chi connectivity index (χ0n) is 17.7. The van der Waals surface area contributed by atoms with Crippen molar-refractivity contribution in [2.75, 3.05) is 24.3 Å². The highest BCUT2D eigenvalue weighted by Crippen LogP contribution is 2.37. The number of carbonyl (C=O) groups is 1. The van der Waals surface area contributed by atoms with E-state index in [0.29, 0.717) is 23.5 Å². The van der Waals surface area contributed by atoms with Crippen LogP contribution in [0.25, 0.3) is 16.6 Å². The molecule has 3 aromatic rings. The van der Waals surface area contributed by atoms with Gasteiger partial charge in [0.1, 0.15) is 18.3 Å². The van der Waals surface area contributed by atoms with Gasteiger partial charge in [0.2, 0.25) is 0 Å². The lowest BCUT2D eigenvalue weighted by atomic mass is 10.1. The molecule has 0 saturated carbocycles. The summed E-state index contributed by atoms with van der Waals surface area (Å²) < 4.78 is 15.1. The molecule has 0 bridgehead atoms. The fourth-order valence-corrected chi connectivity index (χ4v) is 3.53. The highest BCUT2D eigenvalue weighted by molar-refractivity contribution is 6.05. The summed E-state index contributed by atoms with van der Waals surface area (Å²) in [4.78, 5) is 14.1. The number of benzene rings is 1. The quantitative estimate of drug-likeness (QED) is 0.656. The molecule has 160 valence electrons. The van der Waals surface area contributed by atoms with Crippen LogP contribution in [-0.4, -0.2) is 49.9 Å². The first-order chi connectivity index (χ1) is 14.2. The number of aromatic nitrogens is 5. The molecule has 2 aromatic heterocycles. The third-order valence-corrected chi connectivity index (χ3v) is 4.94. The smallest absolute Gasteiger partial charge is 0.415 e. The molecule has 30 heavy (non-hydrogen) atoms. The molecule has 10 heteroatoms. The summed E-state index contributed by atoms with van der Waals surface area (Å²) in [5.74, 6) is 0.432. The predicted octanol–water partition coefficient (Wildman–Crippen LogP) is 3.27. The van der Waals surface area contributed by atoms with Gasteiger partial charge in [-0.3, -0.25) is 9.47 Å². The number of nitrogens with zero attached hydrogens (tertiary/aromatic N) is 6. The van der Waals surface area contributed by atoms with Crippen molar-refractivity contribution in [1.82, 2.24) is 24.5 Å². The zero-order valence-corrected chi connectivity index (χ0v) is 17.7. The Kier molecular flexibility index (Phi) is 5.10. The van der Waals surface area contributed by atoms with Crippen LogP contribution in [0.1, 0.15) is 46.3 Å². The van der Waals surface area contributed by atoms with Crippen LogP contribution < -0.4 is 10.6 Å². The second-order valence-corrected chi connectivity index (χ2v) is 8.43. The molecule has 1 atom stereocenters. The van der Waals surface area contributed by atoms with Crippen LogP contribution >= 0.6 is 0 Å². The fourth-order valence-electron chi connectivity index (χ4n) is 3.53. The van der Waals surface area contributed by atoms with Crippen LogP contribution in [0.3, 0.4) is 0 Å². The van der Waals surface area contributed by atoms with E-state index in [9.17, 15) is 4.79 Å². The van der Waals surface area contributed by atoms with E-state index in [1.165, 1.54) is 4.90 Å². The Morgan fingerprint density at radius 3 is 2.63 bits per heavy atom. The SMILES string of the molecule is CN(C(=O)OC(C)(C)C)c1nn(C2CCCCO2)c2cc(-n3cnnc3)cc(N)c12. The van der Waals surface area contributed by atoms with Gasteiger partial charge in [0.15, 0.2) is 12.0 Å². The Morgan fingerprint density at radius 2 is 2.00 bits per heavy atom. The lowest BCUT2D eigenvalue weighted by Crippen LogP contribution is -2.34. The molecular formula is C20H27N7O3. The van der Waals surface area contributed by atoms with E-state index in [2.05, 4.69) is 10.2 Å². The van der Waals surface area contributed by atoms with E-state index in [1.54, 1.807) is 24.3 Å². The van der Waals surface area contributed by atoms with E-state index in [0.717, 1.165) is 30.5 Å². The summed E-state index contributed by atoms with van der Waals surface area (Å²) in [5, 5.41) is 13.2. The molecule has 2 N–H and O–H groups in total. The Bertz CT molecular complexity index is 1050. The standard InChI is InChI=1S/C20H27N7O3/c1-20(2,3)30-19(28)25(4)18-17-14(21)9-13(26-11-22-23-12-26)10-15(17)27(24-18)16-7-5-6-8-29-16/h9-12,16H,5-8,21H2,1-4H3. The minimum absolute atomic E-state index is 0.224. The molecule has 1 saturated heterocycles. The fraction of sp³-hybridized carbons (Fsp3) is 0.500. The summed E-state index contributed by atoms with van der Waals surface area (Å²) in [6.45, 7) is 6.14. The van der Waals surface area contributed by atoms with Gasteiger partial charge in [-0.25, -0.2) is 9.48 Å². The second-order valence-electron chi connectivity index (χ2n) is 8.43. The maximum atomic E-state index is 12.7. The Labute approximate surface area is 174 Å². The summed E-state index contributed by atoms with van der Waals surface area (Å²) in [7, 11) is 1.63. The largest absolute Gasteiger partial charge is 0.443 e. The molecule has 1 amide bonds. The van der Waals surface area contributed by atoms with Gasteiger partial charge in [0.25, 0.3) is 0 Å². The molecule has 1 aromatic carbocycles. The van der Waals surface area contributed by atoms with Crippen molar-refractivity contribution in [1.29, 1.82) is 0 Å². The minimum atomic E-state index is -0.622. The van der Waals surface area contributed by atoms with Crippen molar-refractivity contribution in [2.45, 2.75) is 51.9 Å². The highest BCUT2D eigenvalue weighted by atomic mass is 16.6. The number of fused-ring (bicyclic) bond motifs is 1. The maximum Gasteiger partial charge on any atom is 0.415 e. The van der Waals surface area contributed by atoms with Gasteiger partial charge in [-0.1, -0.05) is 0 Å². The van der Waals surface area contributed by atoms with Crippen LogP contribution in [0.2, 0.25) is 0 Å². The van der Waals surface area contributed by atoms with E-state index in [4.69, 9.17) is 20.3 Å². The molecule has 4 rings (SSSR count). The number of hydrogen-bond donors (Lipinski definition) is 1. The Hall–Kier alpha value is -3.14. The van der Waals surface area contributed by atoms with Crippen molar-refractivity contribution in [2.24, 2.45) is 0 Å². The van der Waals surface area contributed by atoms with Gasteiger partial charge in [-0.05, 0) is 52.2 Å². The van der Waals surface area contributed by atoms with Crippen molar-refractivity contribution in [3.8, 4) is 5.69 Å². The number of hydrogen-bond acceptors (Lipinski definition) is 7. The second kappa shape index (κ2) is 7.60. The molecule has 3 heterocycles. The van der Waals surface area contributed by atoms with Crippen LogP contribution in [0, 0.1) is 0 Å². The molecule has 10 nitrogen and oxygen atoms in total. The minimum Gasteiger partial charge on any atom is -0.443 e. The maximum absolute atomic E-state index is 12.7. The number of rotatable bonds is 3. The van der Waals surface area contributed by atoms with Crippen molar-refractivity contribution in [3.63, 3.8) is 0 Å². The van der Waals surface area contributed by atoms with Crippen LogP contribution in [0.5, 0.6) is 0 Å². The first kappa shape index (κ1) is 20.1. The predicted molar refractivity (Wildman–Crippen MR) is 113 cm³/mol. The third kappa shape index (κ3) is 3.82. The van der Waals surface area contributed by atoms with E-state index >= 15 is 0 Å². The third-order valence-electron chi connectivity index (χ3n) is 4.94. The van der Waals surface area contributed by atoms with Crippen molar-refractivity contribution >= 4 is 28.5 Å². The van der Waals surface area contributed by atoms with Gasteiger partial charge in [-0.2, -0.15) is 5.10 Å². The molecule has 1 aliphatic rings. The van der Waals surface area contributed by atoms with Crippen molar-refractivity contribution < 1.29 is 14.3 Å². The van der Waals surface area contributed by atoms with Crippen LogP contribution in [-0.2, 0) is 9.47 Å². The first-order valence-electron chi connectivity index (χ1n) is 9.99. The van der Waals surface area contributed by atoms with Crippen LogP contribution in [0.15, 0.2) is 24.8 Å². The average Bonchev–Trinajstić information content (AvgIpc) is 3.35. The van der Waals surface area contributed by atoms with Gasteiger partial charge in [0, 0.05) is 19.3 Å². The summed E-state index contributed by atoms with van der Waals surface area (Å²) in [6.07, 6.45) is 5.39. The number of nitrogens with two attached hydrogens (primary N) is 1. The Balaban J connectivity index is 1.85. The van der Waals surface area contributed by atoms with Gasteiger partial charge in [-0.15, -0.1) is 10.2 Å². The topological polar surface area (TPSA) is 113 Å². The average molecular weight is 413 g/mol. The number of nitrogen functional groups attached to an aromatic ring is 1. The Morgan fingerprint density at radius 1 is 1.27 bits per heavy atom. The van der Waals surface area contributed by atoms with Gasteiger partial charge < -0.3 is 15.2 Å². The normalized spacial score (nSPS) is 17.3. The molecule has 0 spiro atoms. The van der Waals surface area contributed by atoms with Gasteiger partial charge >= 0.3 is 6.09 Å². The summed E-state index contributed by atoms with van der Waals surface area (Å²) in [5.41, 5.74) is 7.89. The number of carbonyl (C=O) groups excluding carboxylic acids is 1. The molecule has 1 aliphatic heterocycles. The lowest BCUT2D eigenvalue weighted by molar-refractivity contribution is -0.0365. The molecule has 0 radical (unpaired) electrons. The van der Waals surface area contributed by atoms with E-state index in [1.807, 2.05) is 37.6 Å². The lowest BCUT2D eigenvalue weighted by Gasteiger charge is -2.24. The highest BCUT2D eigenvalue weighted by Gasteiger charge is 2.28. The van der Waals surface area contributed by atoms with E-state index in [-0.39, 0.29) is 6.23 Å². The monoisotopic (exact) mass is 413 g/mol. The molecular weight excluding hydrogens is 386 g/mol. The number of anilines is 2. The van der Waals surface area contributed by atoms with Gasteiger partial charge in [0.05, 0.1) is 16.6 Å². The summed E-state index contributed by atoms with van der Waals surface area (Å²) >= 11 is 0. The number of ether oxygens (including phenoxy) is 2. The summed E-state index contributed by atoms with van der Waals surface area (Å²) in [6, 6.07) is 3.76. The zero-order chi connectivity index (χ0) is 21.5. The first-order valence-corrected chi connectivity index (χ1v) is 9.99. The molecule has 1 fully saturated rings. The van der Waals surface area contributed by atoms with E-state index < -0.39 is 11.7 Å². The molecule has 1 unspecified atom stereocenters. The van der Waals surface area contributed by atoms with Crippen LogP contribution in [0.4, 0.5) is 16.3 Å².